The largest absolute Gasteiger partial charge is 0.467 e. The third kappa shape index (κ3) is 10.1. The topological polar surface area (TPSA) is 176 Å². The Balaban J connectivity index is 2.19. The number of rotatable bonds is 18. The van der Waals surface area contributed by atoms with Crippen LogP contribution in [0.4, 0.5) is 0 Å². The fourth-order valence-electron chi connectivity index (χ4n) is 7.04. The van der Waals surface area contributed by atoms with Crippen LogP contribution >= 0.6 is 0 Å². The van der Waals surface area contributed by atoms with Gasteiger partial charge in [0.25, 0.3) is 11.2 Å². The Labute approximate surface area is 316 Å². The van der Waals surface area contributed by atoms with E-state index in [2.05, 4.69) is 13.8 Å². The number of carbonyl (C=O) groups is 6. The maximum atomic E-state index is 14.2. The highest BCUT2D eigenvalue weighted by Gasteiger charge is 2.85. The lowest BCUT2D eigenvalue weighted by molar-refractivity contribution is -0.356. The van der Waals surface area contributed by atoms with Crippen molar-refractivity contribution in [2.75, 3.05) is 27.4 Å². The molecule has 8 atom stereocenters. The Hall–Kier alpha value is -4.56. The molecule has 0 saturated carbocycles. The molecule has 0 spiro atoms. The average Bonchev–Trinajstić information content (AvgIpc) is 3.34. The minimum Gasteiger partial charge on any atom is -0.467 e. The van der Waals surface area contributed by atoms with Crippen molar-refractivity contribution in [2.45, 2.75) is 110 Å². The number of fused-ring (bicyclic) bond motifs is 2. The molecule has 3 rings (SSSR count). The van der Waals surface area contributed by atoms with Gasteiger partial charge < -0.3 is 37.9 Å². The molecule has 0 unspecified atom stereocenters. The molecule has 0 N–H and O–H groups in total. The highest BCUT2D eigenvalue weighted by atomic mass is 16.8. The van der Waals surface area contributed by atoms with Gasteiger partial charge >= 0.3 is 35.8 Å². The van der Waals surface area contributed by atoms with Gasteiger partial charge in [-0.25, -0.2) is 14.4 Å². The number of benzene rings is 1. The summed E-state index contributed by atoms with van der Waals surface area (Å²) in [4.78, 5) is 78.8. The van der Waals surface area contributed by atoms with Crippen LogP contribution in [0.2, 0.25) is 0 Å². The zero-order valence-corrected chi connectivity index (χ0v) is 32.7. The molecule has 1 aromatic rings. The van der Waals surface area contributed by atoms with Gasteiger partial charge in [0.05, 0.1) is 14.2 Å². The van der Waals surface area contributed by atoms with Crippen LogP contribution in [0, 0.1) is 17.8 Å². The van der Waals surface area contributed by atoms with E-state index in [4.69, 9.17) is 37.9 Å². The van der Waals surface area contributed by atoms with E-state index in [1.807, 2.05) is 50.3 Å². The molecule has 2 bridgehead atoms. The lowest BCUT2D eigenvalue weighted by atomic mass is 9.77. The highest BCUT2D eigenvalue weighted by molar-refractivity contribution is 5.97. The van der Waals surface area contributed by atoms with Crippen molar-refractivity contribution in [3.63, 3.8) is 0 Å². The predicted octanol–water partition coefficient (Wildman–Crippen LogP) is 4.75. The lowest BCUT2D eigenvalue weighted by Crippen LogP contribution is -2.75. The first kappa shape index (κ1) is 43.8. The van der Waals surface area contributed by atoms with Gasteiger partial charge in [0, 0.05) is 33.3 Å². The molecular formula is C40H54O14. The van der Waals surface area contributed by atoms with Crippen molar-refractivity contribution in [1.82, 2.24) is 0 Å². The first-order valence-corrected chi connectivity index (χ1v) is 18.1. The summed E-state index contributed by atoms with van der Waals surface area (Å²) >= 11 is 0. The molecule has 2 saturated heterocycles. The maximum absolute atomic E-state index is 14.2. The SMILES string of the molecule is CC[C@H](C)C[C@H](C)/C=C/C(=O)O[C@@H]1[C@@H](OC(C)=O)[C@@]2(CC/C(=C/[C@H](C)Cc3ccccc3)COC(C)=O)OC[C@@](OC(C)=O)(C(=O)OC)[C@]1(C(=O)OC)O2. The van der Waals surface area contributed by atoms with E-state index in [1.54, 1.807) is 6.08 Å². The summed E-state index contributed by atoms with van der Waals surface area (Å²) < 4.78 is 45.5. The van der Waals surface area contributed by atoms with Crippen LogP contribution in [0.5, 0.6) is 0 Å². The molecule has 2 heterocycles. The van der Waals surface area contributed by atoms with Crippen LogP contribution in [-0.2, 0) is 73.1 Å². The van der Waals surface area contributed by atoms with Crippen LogP contribution in [0.3, 0.4) is 0 Å². The monoisotopic (exact) mass is 758 g/mol. The number of esters is 6. The molecule has 0 aromatic heterocycles. The Kier molecular flexibility index (Phi) is 15.6. The normalized spacial score (nSPS) is 26.6. The summed E-state index contributed by atoms with van der Waals surface area (Å²) in [6.07, 6.45) is 3.29. The third-order valence-electron chi connectivity index (χ3n) is 9.63. The summed E-state index contributed by atoms with van der Waals surface area (Å²) in [5.74, 6) is -7.80. The van der Waals surface area contributed by atoms with Gasteiger partial charge in [-0.05, 0) is 48.2 Å². The van der Waals surface area contributed by atoms with Crippen molar-refractivity contribution in [3.05, 3.63) is 59.7 Å². The molecule has 298 valence electrons. The van der Waals surface area contributed by atoms with Gasteiger partial charge in [-0.3, -0.25) is 14.4 Å². The fourth-order valence-corrected chi connectivity index (χ4v) is 7.04. The van der Waals surface area contributed by atoms with Gasteiger partial charge in [0.2, 0.25) is 5.79 Å². The molecule has 2 aliphatic rings. The zero-order chi connectivity index (χ0) is 40.3. The maximum Gasteiger partial charge on any atom is 0.356 e. The van der Waals surface area contributed by atoms with Gasteiger partial charge in [-0.15, -0.1) is 0 Å². The Bertz CT molecular complexity index is 1570. The Morgan fingerprint density at radius 1 is 0.870 bits per heavy atom. The quantitative estimate of drug-likeness (QED) is 0.0868. The number of ether oxygens (including phenoxy) is 8. The molecular weight excluding hydrogens is 704 g/mol. The zero-order valence-electron chi connectivity index (χ0n) is 32.7. The van der Waals surface area contributed by atoms with E-state index in [9.17, 15) is 28.8 Å². The van der Waals surface area contributed by atoms with Gasteiger partial charge in [0.15, 0.2) is 12.2 Å². The molecule has 14 nitrogen and oxygen atoms in total. The molecule has 2 fully saturated rings. The second kappa shape index (κ2) is 19.2. The van der Waals surface area contributed by atoms with E-state index >= 15 is 0 Å². The van der Waals surface area contributed by atoms with E-state index < -0.39 is 71.6 Å². The fraction of sp³-hybridized carbons (Fsp3) is 0.600. The predicted molar refractivity (Wildman–Crippen MR) is 192 cm³/mol. The third-order valence-corrected chi connectivity index (χ3v) is 9.63. The van der Waals surface area contributed by atoms with Gasteiger partial charge in [-0.1, -0.05) is 76.6 Å². The molecule has 0 amide bonds. The summed E-state index contributed by atoms with van der Waals surface area (Å²) in [6, 6.07) is 9.77. The highest BCUT2D eigenvalue weighted by Crippen LogP contribution is 2.56. The Morgan fingerprint density at radius 3 is 2.11 bits per heavy atom. The van der Waals surface area contributed by atoms with Crippen molar-refractivity contribution in [2.24, 2.45) is 17.8 Å². The lowest BCUT2D eigenvalue weighted by Gasteiger charge is -2.48. The summed E-state index contributed by atoms with van der Waals surface area (Å²) in [5.41, 5.74) is -3.83. The minimum atomic E-state index is -2.80. The Morgan fingerprint density at radius 2 is 1.54 bits per heavy atom. The summed E-state index contributed by atoms with van der Waals surface area (Å²) in [5, 5.41) is 0. The van der Waals surface area contributed by atoms with Crippen LogP contribution in [0.25, 0.3) is 0 Å². The van der Waals surface area contributed by atoms with Crippen LogP contribution in [0.15, 0.2) is 54.1 Å². The number of allylic oxidation sites excluding steroid dienone is 2. The second-order valence-electron chi connectivity index (χ2n) is 14.1. The van der Waals surface area contributed by atoms with Crippen LogP contribution in [-0.4, -0.2) is 92.4 Å². The number of carbonyl (C=O) groups excluding carboxylic acids is 6. The summed E-state index contributed by atoms with van der Waals surface area (Å²) in [6.45, 7) is 10.4. The molecule has 54 heavy (non-hydrogen) atoms. The number of hydrogen-bond acceptors (Lipinski definition) is 14. The van der Waals surface area contributed by atoms with E-state index in [0.717, 1.165) is 46.5 Å². The molecule has 2 aliphatic heterocycles. The first-order valence-electron chi connectivity index (χ1n) is 18.1. The molecule has 14 heteroatoms. The van der Waals surface area contributed by atoms with Crippen molar-refractivity contribution >= 4 is 35.8 Å². The van der Waals surface area contributed by atoms with E-state index in [-0.39, 0.29) is 31.3 Å². The average molecular weight is 759 g/mol. The van der Waals surface area contributed by atoms with E-state index in [0.29, 0.717) is 17.9 Å². The summed E-state index contributed by atoms with van der Waals surface area (Å²) in [7, 11) is 1.99. The number of methoxy groups -OCH3 is 2. The van der Waals surface area contributed by atoms with Gasteiger partial charge in [-0.2, -0.15) is 0 Å². The first-order chi connectivity index (χ1) is 25.5. The number of hydrogen-bond donors (Lipinski definition) is 0. The van der Waals surface area contributed by atoms with Crippen molar-refractivity contribution < 1.29 is 66.7 Å². The molecule has 0 aliphatic carbocycles. The van der Waals surface area contributed by atoms with Crippen LogP contribution in [0.1, 0.15) is 79.7 Å². The van der Waals surface area contributed by atoms with Crippen molar-refractivity contribution in [3.8, 4) is 0 Å². The van der Waals surface area contributed by atoms with Crippen molar-refractivity contribution in [1.29, 1.82) is 0 Å². The van der Waals surface area contributed by atoms with Gasteiger partial charge in [0.1, 0.15) is 13.2 Å². The molecule has 1 aromatic carbocycles. The standard InChI is InChI=1S/C40H54O14/c1-10-25(2)20-26(3)16-17-33(44)52-35-34(51-29(6)42)39(19-18-32(23-49-28(5)41)22-27(4)21-31-14-12-11-13-15-31)50-24-38(36(45)47-8,53-30(7)43)40(35,54-39)37(46)48-9/h11-17,22,25-27,34-35H,10,18-21,23-24H2,1-9H3/b17-16+,32-22-/t25-,26+,27+,34+,35+,38+,39-,40-/m0/s1. The van der Waals surface area contributed by atoms with E-state index in [1.165, 1.54) is 13.0 Å². The smallest absolute Gasteiger partial charge is 0.356 e. The van der Waals surface area contributed by atoms with Crippen LogP contribution < -0.4 is 0 Å². The minimum absolute atomic E-state index is 0.0372. The molecule has 0 radical (unpaired) electrons. The second-order valence-corrected chi connectivity index (χ2v) is 14.1.